The predicted molar refractivity (Wildman–Crippen MR) is 123 cm³/mol. The number of phenolic OH excluding ortho intramolecular Hbond substituents is 1. The Labute approximate surface area is 197 Å². The highest BCUT2D eigenvalue weighted by molar-refractivity contribution is 6.42. The molecule has 4 atom stereocenters. The number of aliphatic hydroxyl groups excluding tert-OH is 2. The Morgan fingerprint density at radius 2 is 1.81 bits per heavy atom. The number of rotatable bonds is 8. The minimum Gasteiger partial charge on any atom is -0.508 e. The second-order valence-corrected chi connectivity index (χ2v) is 8.59. The molecule has 1 aliphatic carbocycles. The molecule has 0 aromatic heterocycles. The highest BCUT2D eigenvalue weighted by atomic mass is 35.5. The quantitative estimate of drug-likeness (QED) is 0.298. The Morgan fingerprint density at radius 1 is 1.06 bits per heavy atom. The first-order chi connectivity index (χ1) is 15.3. The van der Waals surface area contributed by atoms with Crippen molar-refractivity contribution in [2.75, 3.05) is 6.61 Å². The van der Waals surface area contributed by atoms with Crippen molar-refractivity contribution in [3.05, 3.63) is 69.7 Å². The molecule has 0 radical (unpaired) electrons. The summed E-state index contributed by atoms with van der Waals surface area (Å²) in [6.45, 7) is 0.454. The van der Waals surface area contributed by atoms with Gasteiger partial charge in [0.15, 0.2) is 0 Å². The lowest BCUT2D eigenvalue weighted by molar-refractivity contribution is -0.170. The van der Waals surface area contributed by atoms with Gasteiger partial charge in [0.2, 0.25) is 0 Å². The zero-order valence-electron chi connectivity index (χ0n) is 17.4. The molecule has 0 unspecified atom stereocenters. The Bertz CT molecular complexity index is 931. The lowest BCUT2D eigenvalue weighted by atomic mass is 9.89. The van der Waals surface area contributed by atoms with Gasteiger partial charge < -0.3 is 24.8 Å². The van der Waals surface area contributed by atoms with Crippen molar-refractivity contribution in [2.24, 2.45) is 0 Å². The first-order valence-electron chi connectivity index (χ1n) is 10.4. The van der Waals surface area contributed by atoms with E-state index in [0.717, 1.165) is 18.4 Å². The van der Waals surface area contributed by atoms with Crippen molar-refractivity contribution in [3.63, 3.8) is 0 Å². The fourth-order valence-corrected chi connectivity index (χ4v) is 3.89. The van der Waals surface area contributed by atoms with Gasteiger partial charge in [0.25, 0.3) is 0 Å². The van der Waals surface area contributed by atoms with Crippen LogP contribution in [0.2, 0.25) is 10.0 Å². The van der Waals surface area contributed by atoms with E-state index < -0.39 is 24.3 Å². The van der Waals surface area contributed by atoms with Gasteiger partial charge in [0.05, 0.1) is 22.3 Å². The van der Waals surface area contributed by atoms with Crippen LogP contribution in [0.3, 0.4) is 0 Å². The number of aliphatic hydroxyl groups is 2. The van der Waals surface area contributed by atoms with Crippen LogP contribution in [0, 0.1) is 0 Å². The highest BCUT2D eigenvalue weighted by Crippen LogP contribution is 2.26. The zero-order chi connectivity index (χ0) is 23.1. The number of aromatic hydroxyl groups is 1. The van der Waals surface area contributed by atoms with Gasteiger partial charge in [-0.3, -0.25) is 0 Å². The maximum Gasteiger partial charge on any atom is 0.331 e. The average molecular weight is 481 g/mol. The van der Waals surface area contributed by atoms with E-state index in [1.165, 1.54) is 18.2 Å². The number of hydrogen-bond acceptors (Lipinski definition) is 6. The van der Waals surface area contributed by atoms with Gasteiger partial charge in [-0.05, 0) is 54.3 Å². The molecule has 1 saturated carbocycles. The van der Waals surface area contributed by atoms with Gasteiger partial charge in [0, 0.05) is 25.5 Å². The standard InChI is InChI=1S/C24H26Cl2O6/c25-19-9-5-16(12-20(19)26)2-1-11-31-18-13-21(28)24(30)22(14-18)32-23(29)10-6-15-3-7-17(27)8-4-15/h3-10,12,18,21-22,24,27-28,30H,1-2,11,13-14H2/b10-6+/t18-,21-,22+,24+/m0/s1. The van der Waals surface area contributed by atoms with E-state index >= 15 is 0 Å². The molecule has 2 aromatic carbocycles. The smallest absolute Gasteiger partial charge is 0.331 e. The van der Waals surface area contributed by atoms with Gasteiger partial charge >= 0.3 is 5.97 Å². The summed E-state index contributed by atoms with van der Waals surface area (Å²) >= 11 is 12.0. The van der Waals surface area contributed by atoms with E-state index in [9.17, 15) is 20.1 Å². The van der Waals surface area contributed by atoms with Gasteiger partial charge in [-0.2, -0.15) is 0 Å². The molecule has 0 saturated heterocycles. The summed E-state index contributed by atoms with van der Waals surface area (Å²) in [6.07, 6.45) is 1.45. The van der Waals surface area contributed by atoms with Crippen molar-refractivity contribution in [1.82, 2.24) is 0 Å². The summed E-state index contributed by atoms with van der Waals surface area (Å²) in [7, 11) is 0. The fourth-order valence-electron chi connectivity index (χ4n) is 3.56. The summed E-state index contributed by atoms with van der Waals surface area (Å²) < 4.78 is 11.2. The molecule has 1 fully saturated rings. The summed E-state index contributed by atoms with van der Waals surface area (Å²) in [6, 6.07) is 11.8. The van der Waals surface area contributed by atoms with E-state index in [0.29, 0.717) is 28.6 Å². The molecular weight excluding hydrogens is 455 g/mol. The second kappa shape index (κ2) is 11.7. The predicted octanol–water partition coefficient (Wildman–Crippen LogP) is 4.16. The van der Waals surface area contributed by atoms with E-state index in [1.807, 2.05) is 12.1 Å². The van der Waals surface area contributed by atoms with Gasteiger partial charge in [0.1, 0.15) is 18.0 Å². The van der Waals surface area contributed by atoms with Crippen LogP contribution in [0.25, 0.3) is 6.08 Å². The maximum atomic E-state index is 12.2. The van der Waals surface area contributed by atoms with Crippen LogP contribution in [0.1, 0.15) is 30.4 Å². The number of esters is 1. The minimum atomic E-state index is -1.17. The van der Waals surface area contributed by atoms with Crippen LogP contribution in [0.4, 0.5) is 0 Å². The van der Waals surface area contributed by atoms with Crippen LogP contribution >= 0.6 is 23.2 Å². The largest absolute Gasteiger partial charge is 0.508 e. The molecule has 3 rings (SSSR count). The van der Waals surface area contributed by atoms with E-state index in [2.05, 4.69) is 0 Å². The van der Waals surface area contributed by atoms with Crippen molar-refractivity contribution in [2.45, 2.75) is 50.1 Å². The monoisotopic (exact) mass is 480 g/mol. The topological polar surface area (TPSA) is 96.2 Å². The third-order valence-corrected chi connectivity index (χ3v) is 6.03. The Kier molecular flexibility index (Phi) is 8.96. The number of ether oxygens (including phenoxy) is 2. The van der Waals surface area contributed by atoms with Crippen LogP contribution in [0.15, 0.2) is 48.5 Å². The van der Waals surface area contributed by atoms with Crippen molar-refractivity contribution in [1.29, 1.82) is 0 Å². The SMILES string of the molecule is O=C(/C=C/c1ccc(O)cc1)O[C@@H]1C[C@@H](OCCCc2ccc(Cl)c(Cl)c2)C[C@H](O)[C@H]1O. The third kappa shape index (κ3) is 7.22. The van der Waals surface area contributed by atoms with Crippen LogP contribution < -0.4 is 0 Å². The number of carbonyl (C=O) groups is 1. The lowest BCUT2D eigenvalue weighted by Gasteiger charge is -2.36. The number of halogens is 2. The molecule has 0 heterocycles. The van der Waals surface area contributed by atoms with E-state index in [-0.39, 0.29) is 18.3 Å². The Balaban J connectivity index is 1.46. The number of hydrogen-bond donors (Lipinski definition) is 3. The molecular formula is C24H26Cl2O6. The molecule has 2 aromatic rings. The van der Waals surface area contributed by atoms with Crippen LogP contribution in [0.5, 0.6) is 5.75 Å². The Hall–Kier alpha value is -2.09. The first-order valence-corrected chi connectivity index (χ1v) is 11.2. The maximum absolute atomic E-state index is 12.2. The highest BCUT2D eigenvalue weighted by Gasteiger charge is 2.38. The molecule has 3 N–H and O–H groups in total. The summed E-state index contributed by atoms with van der Waals surface area (Å²) in [5.41, 5.74) is 1.77. The zero-order valence-corrected chi connectivity index (χ0v) is 18.9. The van der Waals surface area contributed by atoms with Crippen LogP contribution in [-0.4, -0.2) is 52.3 Å². The van der Waals surface area contributed by atoms with Gasteiger partial charge in [-0.15, -0.1) is 0 Å². The molecule has 6 nitrogen and oxygen atoms in total. The molecule has 0 amide bonds. The normalized spacial score (nSPS) is 23.4. The summed E-state index contributed by atoms with van der Waals surface area (Å²) in [4.78, 5) is 12.2. The second-order valence-electron chi connectivity index (χ2n) is 7.77. The number of carbonyl (C=O) groups excluding carboxylic acids is 1. The summed E-state index contributed by atoms with van der Waals surface area (Å²) in [5, 5.41) is 30.7. The van der Waals surface area contributed by atoms with Crippen molar-refractivity contribution < 1.29 is 29.6 Å². The molecule has 172 valence electrons. The van der Waals surface area contributed by atoms with Gasteiger partial charge in [-0.25, -0.2) is 4.79 Å². The van der Waals surface area contributed by atoms with Gasteiger partial charge in [-0.1, -0.05) is 41.4 Å². The molecule has 1 aliphatic rings. The molecule has 8 heteroatoms. The molecule has 32 heavy (non-hydrogen) atoms. The third-order valence-electron chi connectivity index (χ3n) is 5.29. The minimum absolute atomic E-state index is 0.132. The number of phenols is 1. The van der Waals surface area contributed by atoms with Crippen molar-refractivity contribution in [3.8, 4) is 5.75 Å². The molecule has 0 aliphatic heterocycles. The lowest BCUT2D eigenvalue weighted by Crippen LogP contribution is -2.48. The average Bonchev–Trinajstić information content (AvgIpc) is 2.76. The first kappa shape index (κ1) is 24.6. The van der Waals surface area contributed by atoms with E-state index in [1.54, 1.807) is 24.3 Å². The summed E-state index contributed by atoms with van der Waals surface area (Å²) in [5.74, 6) is -0.498. The number of benzene rings is 2. The Morgan fingerprint density at radius 3 is 2.53 bits per heavy atom. The van der Waals surface area contributed by atoms with Crippen molar-refractivity contribution >= 4 is 35.2 Å². The number of aryl methyl sites for hydroxylation is 1. The van der Waals surface area contributed by atoms with E-state index in [4.69, 9.17) is 32.7 Å². The molecule has 0 bridgehead atoms. The molecule has 0 spiro atoms. The van der Waals surface area contributed by atoms with Crippen LogP contribution in [-0.2, 0) is 20.7 Å². The fraction of sp³-hybridized carbons (Fsp3) is 0.375.